The molecule has 1 saturated heterocycles. The third-order valence-corrected chi connectivity index (χ3v) is 5.30. The van der Waals surface area contributed by atoms with Crippen LogP contribution in [0.5, 0.6) is 0 Å². The van der Waals surface area contributed by atoms with Crippen LogP contribution in [0.4, 0.5) is 0 Å². The minimum Gasteiger partial charge on any atom is -0.356 e. The second-order valence-electron chi connectivity index (χ2n) is 7.46. The summed E-state index contributed by atoms with van der Waals surface area (Å²) in [4.78, 5) is 21.0. The van der Waals surface area contributed by atoms with Crippen LogP contribution in [0.1, 0.15) is 32.3 Å². The van der Waals surface area contributed by atoms with Crippen molar-refractivity contribution in [1.29, 1.82) is 0 Å². The predicted molar refractivity (Wildman–Crippen MR) is 117 cm³/mol. The summed E-state index contributed by atoms with van der Waals surface area (Å²) in [5.41, 5.74) is 1.28. The third kappa shape index (κ3) is 7.50. The van der Waals surface area contributed by atoms with Crippen molar-refractivity contribution in [2.75, 3.05) is 52.9 Å². The molecule has 6 nitrogen and oxygen atoms in total. The minimum atomic E-state index is 0.267. The topological polar surface area (TPSA) is 60.0 Å². The zero-order valence-electron chi connectivity index (χ0n) is 17.8. The van der Waals surface area contributed by atoms with Crippen LogP contribution in [0.3, 0.4) is 0 Å². The second-order valence-corrected chi connectivity index (χ2v) is 7.46. The summed E-state index contributed by atoms with van der Waals surface area (Å²) in [6, 6.07) is 10.4. The molecule has 28 heavy (non-hydrogen) atoms. The summed E-state index contributed by atoms with van der Waals surface area (Å²) in [6.45, 7) is 10.9. The summed E-state index contributed by atoms with van der Waals surface area (Å²) in [7, 11) is 1.80. The zero-order valence-corrected chi connectivity index (χ0v) is 17.8. The van der Waals surface area contributed by atoms with E-state index in [0.29, 0.717) is 12.3 Å². The first kappa shape index (κ1) is 22.2. The van der Waals surface area contributed by atoms with Gasteiger partial charge in [-0.1, -0.05) is 44.2 Å². The fraction of sp³-hybridized carbons (Fsp3) is 0.636. The van der Waals surface area contributed by atoms with E-state index in [4.69, 9.17) is 0 Å². The van der Waals surface area contributed by atoms with Gasteiger partial charge in [0.05, 0.1) is 0 Å². The van der Waals surface area contributed by atoms with E-state index in [1.54, 1.807) is 7.05 Å². The number of aliphatic imine (C=N–C) groups is 1. The molecule has 2 N–H and O–H groups in total. The van der Waals surface area contributed by atoms with Crippen molar-refractivity contribution in [3.05, 3.63) is 35.9 Å². The van der Waals surface area contributed by atoms with Gasteiger partial charge in [0, 0.05) is 52.1 Å². The lowest BCUT2D eigenvalue weighted by Crippen LogP contribution is -2.43. The molecule has 1 atom stereocenters. The predicted octanol–water partition coefficient (Wildman–Crippen LogP) is 1.97. The first-order valence-corrected chi connectivity index (χ1v) is 10.6. The van der Waals surface area contributed by atoms with Crippen molar-refractivity contribution in [2.24, 2.45) is 10.9 Å². The van der Waals surface area contributed by atoms with Gasteiger partial charge in [-0.25, -0.2) is 0 Å². The van der Waals surface area contributed by atoms with Crippen LogP contribution < -0.4 is 10.6 Å². The van der Waals surface area contributed by atoms with Gasteiger partial charge in [-0.3, -0.25) is 9.79 Å². The lowest BCUT2D eigenvalue weighted by Gasteiger charge is -2.21. The first-order chi connectivity index (χ1) is 13.7. The maximum absolute atomic E-state index is 12.3. The molecule has 2 rings (SSSR count). The number of hydrogen-bond acceptors (Lipinski definition) is 3. The number of likely N-dealkylation sites (tertiary alicyclic amines) is 1. The fourth-order valence-electron chi connectivity index (χ4n) is 3.65. The van der Waals surface area contributed by atoms with Crippen molar-refractivity contribution in [2.45, 2.75) is 33.1 Å². The maximum Gasteiger partial charge on any atom is 0.223 e. The number of hydrogen-bond donors (Lipinski definition) is 2. The number of rotatable bonds is 11. The smallest absolute Gasteiger partial charge is 0.223 e. The Labute approximate surface area is 170 Å². The fourth-order valence-corrected chi connectivity index (χ4v) is 3.65. The van der Waals surface area contributed by atoms with Crippen molar-refractivity contribution in [1.82, 2.24) is 20.4 Å². The van der Waals surface area contributed by atoms with Crippen LogP contribution in [0.25, 0.3) is 0 Å². The Morgan fingerprint density at radius 1 is 1.21 bits per heavy atom. The molecule has 1 amide bonds. The molecule has 1 aliphatic heterocycles. The number of carbonyl (C=O) groups excluding carboxylic acids is 1. The summed E-state index contributed by atoms with van der Waals surface area (Å²) in [5, 5.41) is 6.78. The number of nitrogens with one attached hydrogen (secondary N) is 2. The molecule has 1 aromatic carbocycles. The Morgan fingerprint density at radius 3 is 2.68 bits per heavy atom. The van der Waals surface area contributed by atoms with Crippen LogP contribution in [-0.2, 0) is 11.2 Å². The normalized spacial score (nSPS) is 17.4. The molecule has 156 valence electrons. The number of amides is 1. The molecule has 6 heteroatoms. The molecule has 1 unspecified atom stereocenters. The van der Waals surface area contributed by atoms with Gasteiger partial charge in [-0.2, -0.15) is 0 Å². The quantitative estimate of drug-likeness (QED) is 0.450. The molecule has 1 aliphatic rings. The Balaban J connectivity index is 1.68. The highest BCUT2D eigenvalue weighted by atomic mass is 16.2. The van der Waals surface area contributed by atoms with E-state index in [1.165, 1.54) is 12.0 Å². The van der Waals surface area contributed by atoms with E-state index in [0.717, 1.165) is 58.2 Å². The summed E-state index contributed by atoms with van der Waals surface area (Å²) >= 11 is 0. The summed E-state index contributed by atoms with van der Waals surface area (Å²) in [6.07, 6.45) is 2.72. The Morgan fingerprint density at radius 2 is 2.00 bits per heavy atom. The number of benzene rings is 1. The molecule has 0 aromatic heterocycles. The van der Waals surface area contributed by atoms with Gasteiger partial charge in [0.25, 0.3) is 0 Å². The van der Waals surface area contributed by atoms with E-state index in [9.17, 15) is 4.79 Å². The standard InChI is InChI=1S/C22H37N5O/c1-4-13-26(5-2)15-12-24-22(23-3)25-17-20-16-21(28)27(18-20)14-11-19-9-7-6-8-10-19/h6-10,20H,4-5,11-18H2,1-3H3,(H2,23,24,25). The number of guanidine groups is 1. The Kier molecular flexibility index (Phi) is 9.83. The first-order valence-electron chi connectivity index (χ1n) is 10.6. The molecule has 0 bridgehead atoms. The van der Waals surface area contributed by atoms with Crippen LogP contribution in [0, 0.1) is 5.92 Å². The maximum atomic E-state index is 12.3. The van der Waals surface area contributed by atoms with Crippen LogP contribution in [0.15, 0.2) is 35.3 Å². The largest absolute Gasteiger partial charge is 0.356 e. The van der Waals surface area contributed by atoms with Crippen molar-refractivity contribution in [3.8, 4) is 0 Å². The van der Waals surface area contributed by atoms with Gasteiger partial charge in [0.1, 0.15) is 0 Å². The SMILES string of the molecule is CCCN(CC)CCNC(=NC)NCC1CC(=O)N(CCc2ccccc2)C1. The Bertz CT molecular complexity index is 604. The molecular formula is C22H37N5O. The number of carbonyl (C=O) groups is 1. The molecule has 0 aliphatic carbocycles. The molecule has 1 fully saturated rings. The lowest BCUT2D eigenvalue weighted by molar-refractivity contribution is -0.127. The van der Waals surface area contributed by atoms with E-state index < -0.39 is 0 Å². The summed E-state index contributed by atoms with van der Waals surface area (Å²) < 4.78 is 0. The van der Waals surface area contributed by atoms with E-state index >= 15 is 0 Å². The van der Waals surface area contributed by atoms with Crippen LogP contribution >= 0.6 is 0 Å². The lowest BCUT2D eigenvalue weighted by atomic mass is 10.1. The van der Waals surface area contributed by atoms with Crippen LogP contribution in [0.2, 0.25) is 0 Å². The van der Waals surface area contributed by atoms with Gasteiger partial charge in [-0.05, 0) is 31.5 Å². The highest BCUT2D eigenvalue weighted by Crippen LogP contribution is 2.17. The minimum absolute atomic E-state index is 0.267. The highest BCUT2D eigenvalue weighted by Gasteiger charge is 2.29. The average molecular weight is 388 g/mol. The van der Waals surface area contributed by atoms with Gasteiger partial charge >= 0.3 is 0 Å². The third-order valence-electron chi connectivity index (χ3n) is 5.30. The molecule has 0 saturated carbocycles. The van der Waals surface area contributed by atoms with Gasteiger partial charge in [-0.15, -0.1) is 0 Å². The average Bonchev–Trinajstić information content (AvgIpc) is 3.08. The molecule has 1 aromatic rings. The highest BCUT2D eigenvalue weighted by molar-refractivity contribution is 5.80. The van der Waals surface area contributed by atoms with E-state index in [-0.39, 0.29) is 5.91 Å². The molecular weight excluding hydrogens is 350 g/mol. The van der Waals surface area contributed by atoms with Gasteiger partial charge in [0.15, 0.2) is 5.96 Å². The molecule has 1 heterocycles. The van der Waals surface area contributed by atoms with E-state index in [2.05, 4.69) is 58.6 Å². The van der Waals surface area contributed by atoms with Crippen LogP contribution in [-0.4, -0.2) is 74.5 Å². The zero-order chi connectivity index (χ0) is 20.2. The number of likely N-dealkylation sites (N-methyl/N-ethyl adjacent to an activating group) is 1. The van der Waals surface area contributed by atoms with Gasteiger partial charge < -0.3 is 20.4 Å². The monoisotopic (exact) mass is 387 g/mol. The molecule has 0 radical (unpaired) electrons. The van der Waals surface area contributed by atoms with Crippen molar-refractivity contribution >= 4 is 11.9 Å². The second kappa shape index (κ2) is 12.4. The van der Waals surface area contributed by atoms with Crippen molar-refractivity contribution < 1.29 is 4.79 Å². The van der Waals surface area contributed by atoms with E-state index in [1.807, 2.05) is 11.0 Å². The molecule has 0 spiro atoms. The van der Waals surface area contributed by atoms with Gasteiger partial charge in [0.2, 0.25) is 5.91 Å². The Hall–Kier alpha value is -2.08. The summed E-state index contributed by atoms with van der Waals surface area (Å²) in [5.74, 6) is 1.43. The number of nitrogens with zero attached hydrogens (tertiary/aromatic N) is 3. The van der Waals surface area contributed by atoms with Crippen molar-refractivity contribution in [3.63, 3.8) is 0 Å².